The van der Waals surface area contributed by atoms with E-state index in [1.54, 1.807) is 5.56 Å². The highest BCUT2D eigenvalue weighted by Crippen LogP contribution is 2.49. The summed E-state index contributed by atoms with van der Waals surface area (Å²) in [6.07, 6.45) is 40.6. The molecule has 0 bridgehead atoms. The van der Waals surface area contributed by atoms with Gasteiger partial charge in [-0.3, -0.25) is 0 Å². The highest BCUT2D eigenvalue weighted by atomic mass is 15.0. The van der Waals surface area contributed by atoms with Gasteiger partial charge in [-0.05, 0) is 410 Å². The molecule has 0 N–H and O–H groups in total. The van der Waals surface area contributed by atoms with Gasteiger partial charge in [0.05, 0.1) is 50.5 Å². The number of hydrogen-bond acceptors (Lipinski definition) is 0. The Labute approximate surface area is 903 Å². The summed E-state index contributed by atoms with van der Waals surface area (Å²) in [5.74, 6) is 6.65. The lowest BCUT2D eigenvalue weighted by Crippen LogP contribution is -2.35. The predicted molar refractivity (Wildman–Crippen MR) is 635 cm³/mol. The summed E-state index contributed by atoms with van der Waals surface area (Å²) >= 11 is 0. The third-order valence-electron chi connectivity index (χ3n) is 37.8. The number of aryl methyl sites for hydroxylation is 4. The maximum Gasteiger partial charge on any atom is 0.220 e. The number of nitrogens with zero attached hydrogens (tertiary/aromatic N) is 5. The van der Waals surface area contributed by atoms with Gasteiger partial charge >= 0.3 is 0 Å². The monoisotopic (exact) mass is 1980 g/mol. The fourth-order valence-electron chi connectivity index (χ4n) is 26.2. The second-order valence-electron chi connectivity index (χ2n) is 47.2. The van der Waals surface area contributed by atoms with Gasteiger partial charge in [-0.15, -0.1) is 0 Å². The minimum Gasteiger partial charge on any atom is -0.200 e. The topological polar surface area (TPSA) is 19.4 Å². The Morgan fingerprint density at radius 1 is 0.243 bits per heavy atom. The fraction of sp³-hybridized carbons (Fsp3) is 0.476. The number of rotatable bonds is 21. The van der Waals surface area contributed by atoms with Crippen molar-refractivity contribution in [1.29, 1.82) is 0 Å². The van der Waals surface area contributed by atoms with E-state index in [1.807, 2.05) is 11.6 Å². The van der Waals surface area contributed by atoms with E-state index in [9.17, 15) is 0 Å². The first-order chi connectivity index (χ1) is 73.9. The van der Waals surface area contributed by atoms with E-state index in [2.05, 4.69) is 356 Å². The molecule has 10 aromatic carbocycles. The lowest BCUT2D eigenvalue weighted by Gasteiger charge is -2.24. The molecule has 5 heteroatoms. The van der Waals surface area contributed by atoms with Crippen LogP contribution in [0.5, 0.6) is 0 Å². The van der Waals surface area contributed by atoms with Crippen molar-refractivity contribution in [2.45, 2.75) is 410 Å². The molecule has 776 valence electrons. The second-order valence-corrected chi connectivity index (χ2v) is 47.2. The van der Waals surface area contributed by atoms with Crippen LogP contribution in [0.2, 0.25) is 0 Å². The van der Waals surface area contributed by atoms with E-state index >= 15 is 0 Å². The number of pyridine rings is 5. The average Bonchev–Trinajstić information content (AvgIpc) is 1.28. The van der Waals surface area contributed by atoms with Gasteiger partial charge in [0.15, 0.2) is 28.9 Å². The van der Waals surface area contributed by atoms with Crippen molar-refractivity contribution in [3.63, 3.8) is 0 Å². The van der Waals surface area contributed by atoms with Crippen molar-refractivity contribution < 1.29 is 31.1 Å². The normalized spacial score (nSPS) is 17.2. The molecule has 5 heterocycles. The Bertz CT molecular complexity index is 7670. The fourth-order valence-corrected chi connectivity index (χ4v) is 26.2. The number of benzene rings is 10. The van der Waals surface area contributed by atoms with Crippen LogP contribution in [0.25, 0.3) is 110 Å². The summed E-state index contributed by atoms with van der Waals surface area (Å²) in [4.78, 5) is 0. The van der Waals surface area contributed by atoms with Crippen molar-refractivity contribution in [2.75, 3.05) is 0 Å². The number of hydrogen-bond donors (Lipinski definition) is 0. The third kappa shape index (κ3) is 23.3. The summed E-state index contributed by atoms with van der Waals surface area (Å²) in [5.41, 5.74) is 42.0. The Hall–Kier alpha value is -10.8. The third-order valence-corrected chi connectivity index (χ3v) is 37.8. The molecule has 0 radical (unpaired) electrons. The zero-order chi connectivity index (χ0) is 110. The van der Waals surface area contributed by atoms with Crippen LogP contribution in [0, 0.1) is 76.2 Å². The zero-order valence-corrected chi connectivity index (χ0v) is 96.1. The molecule has 5 nitrogen and oxygen atoms in total. The van der Waals surface area contributed by atoms with E-state index in [-0.39, 0.29) is 0 Å². The van der Waals surface area contributed by atoms with Crippen LogP contribution in [0.15, 0.2) is 200 Å². The largest absolute Gasteiger partial charge is 0.220 e. The van der Waals surface area contributed by atoms with Crippen molar-refractivity contribution >= 4 is 53.9 Å². The zero-order valence-electron chi connectivity index (χ0n) is 102. The van der Waals surface area contributed by atoms with Crippen molar-refractivity contribution in [3.05, 3.63) is 323 Å². The number of aromatic nitrogens is 5. The molecular formula is C143H184N5+5. The SMILES string of the molecule is [2H]c1c(C)[n+](C)c(-c2cc(C3CCCC3)cc(C)c2C)c2ccc(C(C)CC)cc12.[2H]c1c(C)[n+](C)c(-c2cc(C3CCCC3)ccc2C)c2ccc(C(C)CC)cc12.[2H]c1c(C)[n+](C)c(-c2cc(C3CCCCC3)cc(C)c2C)c2ccc(C(C)CC)cc12.[2H]c1c(C)[n+](C)c(-c2cc(C3CCCCC3)ccc2C)c2ccc(C(C)CC)cc12.[2H]c1c([2H])[n+](C)c(-c2cc(C3CCCC3)cc(C3CCCC3)c2C)c2ccc(C(C)CC)cc12. The summed E-state index contributed by atoms with van der Waals surface area (Å²) in [5, 5.41) is 11.2. The summed E-state index contributed by atoms with van der Waals surface area (Å²) in [6, 6.07) is 65.8. The smallest absolute Gasteiger partial charge is 0.200 e. The predicted octanol–water partition coefficient (Wildman–Crippen LogP) is 38.3. The molecule has 0 spiro atoms. The van der Waals surface area contributed by atoms with Crippen LogP contribution >= 0.6 is 0 Å². The maximum atomic E-state index is 8.86. The van der Waals surface area contributed by atoms with Gasteiger partial charge < -0.3 is 0 Å². The van der Waals surface area contributed by atoms with Crippen molar-refractivity contribution in [2.24, 2.45) is 35.2 Å². The van der Waals surface area contributed by atoms with E-state index < -0.39 is 0 Å². The molecule has 0 aliphatic heterocycles. The lowest BCUT2D eigenvalue weighted by atomic mass is 9.81. The van der Waals surface area contributed by atoms with Gasteiger partial charge in [-0.2, -0.15) is 18.3 Å². The summed E-state index contributed by atoms with van der Waals surface area (Å²) in [6.45, 7) is 46.6. The Morgan fingerprint density at radius 3 is 0.784 bits per heavy atom. The van der Waals surface area contributed by atoms with Gasteiger partial charge in [-0.25, -0.2) is 4.57 Å². The van der Waals surface area contributed by atoms with Gasteiger partial charge in [0.25, 0.3) is 0 Å². The van der Waals surface area contributed by atoms with E-state index in [0.717, 1.165) is 92.9 Å². The molecular weight excluding hydrogens is 1790 g/mol. The first-order valence-electron chi connectivity index (χ1n) is 61.6. The molecule has 6 aliphatic rings. The second kappa shape index (κ2) is 48.3. The Kier molecular flexibility index (Phi) is 32.8. The van der Waals surface area contributed by atoms with Crippen LogP contribution in [0.4, 0.5) is 0 Å². The molecule has 5 atom stereocenters. The molecule has 0 amide bonds. The van der Waals surface area contributed by atoms with Gasteiger partial charge in [-0.1, -0.05) is 262 Å². The Morgan fingerprint density at radius 2 is 0.486 bits per heavy atom. The van der Waals surface area contributed by atoms with Crippen LogP contribution in [-0.4, -0.2) is 0 Å². The first-order valence-corrected chi connectivity index (χ1v) is 58.6. The molecule has 5 unspecified atom stereocenters. The Balaban J connectivity index is 0.000000130. The number of fused-ring (bicyclic) bond motifs is 5. The minimum atomic E-state index is 0.303. The molecule has 148 heavy (non-hydrogen) atoms. The first kappa shape index (κ1) is 100. The minimum absolute atomic E-state index is 0.303. The van der Waals surface area contributed by atoms with Crippen molar-refractivity contribution in [3.8, 4) is 56.3 Å². The molecule has 6 fully saturated rings. The van der Waals surface area contributed by atoms with Gasteiger partial charge in [0, 0.05) is 69.0 Å². The highest BCUT2D eigenvalue weighted by molar-refractivity contribution is 5.99. The van der Waals surface area contributed by atoms with Crippen LogP contribution < -0.4 is 22.8 Å². The van der Waals surface area contributed by atoms with E-state index in [4.69, 9.17) is 8.22 Å². The average molecular weight is 1980 g/mol. The molecule has 0 saturated heterocycles. The summed E-state index contributed by atoms with van der Waals surface area (Å²) in [7, 11) is 10.5. The van der Waals surface area contributed by atoms with Crippen LogP contribution in [0.3, 0.4) is 0 Å². The molecule has 21 rings (SSSR count). The summed E-state index contributed by atoms with van der Waals surface area (Å²) < 4.78 is 63.8. The van der Waals surface area contributed by atoms with Crippen molar-refractivity contribution in [1.82, 2.24) is 0 Å². The molecule has 15 aromatic rings. The van der Waals surface area contributed by atoms with E-state index in [1.165, 1.54) is 334 Å². The molecule has 6 aliphatic carbocycles. The highest BCUT2D eigenvalue weighted by Gasteiger charge is 2.34. The van der Waals surface area contributed by atoms with Crippen LogP contribution in [0.1, 0.15) is 465 Å². The van der Waals surface area contributed by atoms with Gasteiger partial charge in [0.1, 0.15) is 36.6 Å². The lowest BCUT2D eigenvalue weighted by molar-refractivity contribution is -0.665. The van der Waals surface area contributed by atoms with Crippen LogP contribution in [-0.2, 0) is 35.2 Å². The quantitative estimate of drug-likeness (QED) is 0.0639. The molecule has 5 aromatic heterocycles. The van der Waals surface area contributed by atoms with E-state index in [0.29, 0.717) is 101 Å². The standard InChI is InChI=1S/C31H40N.C29H38N.2C28H36N.C27H34N/c1-5-21(2)25-14-15-28-26(18-25)16-17-32(4)31(28)30-20-27(23-10-6-7-11-23)19-29(22(30)3)24-12-8-9-13-24;1-7-19(2)24-13-14-27-26(17-24)16-21(4)30(6)29(27)28-18-25(15-20(3)22(28)5)23-11-9-8-10-12-23;1-7-18(2)23-12-13-26-25(16-23)15-20(4)29(6)28(26)27-17-24(14-19(3)21(27)5)22-10-8-9-11-22;1-6-19(2)23-14-15-26-25(17-23)16-21(4)29(5)28(26)27-18-24(13-12-20(27)3)22-10-8-7-9-11-22;1-6-18(2)22-13-14-25-24(16-22)15-20(4)28(5)27(25)26-17-23(12-11-19(26)3)21-9-7-8-10-21/h14-21,23-24H,5-13H2,1-4H3;13-19,23H,7-12H2,1-6H3;12-18,22H,7-11H2,1-6H3;12-19,22H,6-11H2,1-5H3;11-18,21H,6-10H2,1-5H3/q5*+1/i16D,17D;16D;15D;16D;15D. The van der Waals surface area contributed by atoms with Gasteiger partial charge in [0.2, 0.25) is 28.5 Å². The molecule has 6 saturated carbocycles. The maximum absolute atomic E-state index is 8.86.